The Balaban J connectivity index is 4.89. The van der Waals surface area contributed by atoms with Gasteiger partial charge in [-0.2, -0.15) is 17.6 Å². The summed E-state index contributed by atoms with van der Waals surface area (Å²) in [4.78, 5) is 0. The highest BCUT2D eigenvalue weighted by Gasteiger charge is 2.63. The van der Waals surface area contributed by atoms with E-state index in [1.54, 1.807) is 0 Å². The lowest BCUT2D eigenvalue weighted by Crippen LogP contribution is -2.47. The average molecular weight is 353 g/mol. The highest BCUT2D eigenvalue weighted by atomic mass is 35.6. The molecular formula is C4Cl6F4O. The van der Waals surface area contributed by atoms with Gasteiger partial charge >= 0.3 is 16.0 Å². The summed E-state index contributed by atoms with van der Waals surface area (Å²) in [5.74, 6) is 0. The fourth-order valence-electron chi connectivity index (χ4n) is 0.277. The SMILES string of the molecule is FC(F)(Cl)C(F)(Cl)OC(F)(Cl)C(Cl)(Cl)Cl. The molecular weight excluding hydrogens is 353 g/mol. The highest BCUT2D eigenvalue weighted by molar-refractivity contribution is 6.70. The zero-order chi connectivity index (χ0) is 12.7. The van der Waals surface area contributed by atoms with Crippen LogP contribution in [0.3, 0.4) is 0 Å². The van der Waals surface area contributed by atoms with E-state index >= 15 is 0 Å². The van der Waals surface area contributed by atoms with Gasteiger partial charge in [0.25, 0.3) is 3.79 Å². The second-order valence-corrected chi connectivity index (χ2v) is 5.86. The third-order valence-corrected chi connectivity index (χ3v) is 2.95. The summed E-state index contributed by atoms with van der Waals surface area (Å²) >= 11 is 27.9. The normalized spacial score (nSPS) is 22.0. The van der Waals surface area contributed by atoms with Crippen LogP contribution in [0.25, 0.3) is 0 Å². The molecule has 0 N–H and O–H groups in total. The van der Waals surface area contributed by atoms with Gasteiger partial charge in [0.1, 0.15) is 0 Å². The Bertz CT molecular complexity index is 208. The molecule has 0 saturated heterocycles. The Morgan fingerprint density at radius 2 is 1.00 bits per heavy atom. The minimum Gasteiger partial charge on any atom is -0.274 e. The van der Waals surface area contributed by atoms with Crippen molar-refractivity contribution in [3.8, 4) is 0 Å². The van der Waals surface area contributed by atoms with Gasteiger partial charge < -0.3 is 0 Å². The molecule has 0 aromatic rings. The van der Waals surface area contributed by atoms with Crippen LogP contribution in [0.1, 0.15) is 0 Å². The van der Waals surface area contributed by atoms with Crippen molar-refractivity contribution < 1.29 is 22.3 Å². The number of hydrogen-bond acceptors (Lipinski definition) is 1. The Morgan fingerprint density at radius 3 is 1.20 bits per heavy atom. The molecule has 1 nitrogen and oxygen atoms in total. The molecule has 11 heteroatoms. The first-order valence-electron chi connectivity index (χ1n) is 2.80. The van der Waals surface area contributed by atoms with Crippen molar-refractivity contribution in [3.05, 3.63) is 0 Å². The molecule has 0 fully saturated rings. The molecule has 0 radical (unpaired) electrons. The zero-order valence-electron chi connectivity index (χ0n) is 6.19. The van der Waals surface area contributed by atoms with Gasteiger partial charge in [-0.3, -0.25) is 4.74 Å². The second-order valence-electron chi connectivity index (χ2n) is 2.13. The van der Waals surface area contributed by atoms with Crippen molar-refractivity contribution in [3.63, 3.8) is 0 Å². The van der Waals surface area contributed by atoms with Gasteiger partial charge in [0.05, 0.1) is 0 Å². The van der Waals surface area contributed by atoms with Crippen LogP contribution in [0.15, 0.2) is 0 Å². The van der Waals surface area contributed by atoms with Gasteiger partial charge in [-0.15, -0.1) is 0 Å². The predicted molar refractivity (Wildman–Crippen MR) is 51.6 cm³/mol. The van der Waals surface area contributed by atoms with E-state index in [-0.39, 0.29) is 0 Å². The molecule has 0 heterocycles. The Labute approximate surface area is 111 Å². The lowest BCUT2D eigenvalue weighted by atomic mass is 10.6. The summed E-state index contributed by atoms with van der Waals surface area (Å²) in [6.07, 6.45) is 0. The third kappa shape index (κ3) is 4.30. The van der Waals surface area contributed by atoms with E-state index in [1.165, 1.54) is 0 Å². The first-order valence-corrected chi connectivity index (χ1v) is 5.07. The maximum atomic E-state index is 13.1. The van der Waals surface area contributed by atoms with E-state index in [4.69, 9.17) is 46.4 Å². The highest BCUT2D eigenvalue weighted by Crippen LogP contribution is 2.51. The Morgan fingerprint density at radius 1 is 0.667 bits per heavy atom. The van der Waals surface area contributed by atoms with Gasteiger partial charge in [0, 0.05) is 0 Å². The van der Waals surface area contributed by atoms with Crippen LogP contribution >= 0.6 is 69.6 Å². The number of ether oxygens (including phenoxy) is 1. The zero-order valence-corrected chi connectivity index (χ0v) is 10.7. The number of rotatable bonds is 3. The molecule has 15 heavy (non-hydrogen) atoms. The molecule has 0 rings (SSSR count). The van der Waals surface area contributed by atoms with Gasteiger partial charge in [-0.1, -0.05) is 34.8 Å². The van der Waals surface area contributed by atoms with Crippen molar-refractivity contribution >= 4 is 69.6 Å². The van der Waals surface area contributed by atoms with E-state index in [0.29, 0.717) is 0 Å². The predicted octanol–water partition coefficient (Wildman–Crippen LogP) is 4.93. The van der Waals surface area contributed by atoms with Crippen LogP contribution in [-0.4, -0.2) is 19.8 Å². The van der Waals surface area contributed by atoms with Crippen molar-refractivity contribution in [2.24, 2.45) is 0 Å². The average Bonchev–Trinajstić information content (AvgIpc) is 1.77. The molecule has 0 aromatic heterocycles. The van der Waals surface area contributed by atoms with Crippen molar-refractivity contribution in [2.75, 3.05) is 0 Å². The van der Waals surface area contributed by atoms with E-state index in [9.17, 15) is 17.6 Å². The van der Waals surface area contributed by atoms with Crippen molar-refractivity contribution in [1.82, 2.24) is 0 Å². The molecule has 92 valence electrons. The van der Waals surface area contributed by atoms with Crippen LogP contribution in [0.2, 0.25) is 0 Å². The molecule has 0 aliphatic heterocycles. The van der Waals surface area contributed by atoms with Crippen LogP contribution in [-0.2, 0) is 4.74 Å². The minimum atomic E-state index is -4.78. The molecule has 0 aliphatic rings. The lowest BCUT2D eigenvalue weighted by molar-refractivity contribution is -0.252. The Hall–Kier alpha value is 1.42. The van der Waals surface area contributed by atoms with Crippen LogP contribution in [0.4, 0.5) is 17.6 Å². The molecule has 0 bridgehead atoms. The van der Waals surface area contributed by atoms with Crippen LogP contribution in [0, 0.1) is 0 Å². The summed E-state index contributed by atoms with van der Waals surface area (Å²) in [5.41, 5.74) is 0. The topological polar surface area (TPSA) is 9.23 Å². The van der Waals surface area contributed by atoms with Gasteiger partial charge in [0.2, 0.25) is 0 Å². The standard InChI is InChI=1S/C4Cl6F4O/c5-1(6,7)3(9,13)15-4(10,14)2(8,11)12. The quantitative estimate of drug-likeness (QED) is 0.517. The molecule has 0 aliphatic carbocycles. The van der Waals surface area contributed by atoms with Crippen molar-refractivity contribution in [2.45, 2.75) is 19.8 Å². The third-order valence-electron chi connectivity index (χ3n) is 0.916. The summed E-state index contributed by atoms with van der Waals surface area (Å²) in [7, 11) is 0. The van der Waals surface area contributed by atoms with Gasteiger partial charge in [-0.05, 0) is 34.8 Å². The minimum absolute atomic E-state index is 3.05. The molecule has 0 aromatic carbocycles. The van der Waals surface area contributed by atoms with E-state index < -0.39 is 19.8 Å². The van der Waals surface area contributed by atoms with Gasteiger partial charge in [-0.25, -0.2) is 0 Å². The van der Waals surface area contributed by atoms with Crippen LogP contribution in [0.5, 0.6) is 0 Å². The number of alkyl halides is 10. The molecule has 0 spiro atoms. The molecule has 0 saturated carbocycles. The monoisotopic (exact) mass is 350 g/mol. The molecule has 2 unspecified atom stereocenters. The fraction of sp³-hybridized carbons (Fsp3) is 1.00. The summed E-state index contributed by atoms with van der Waals surface area (Å²) in [6.45, 7) is 0. The van der Waals surface area contributed by atoms with E-state index in [2.05, 4.69) is 27.9 Å². The Kier molecular flexibility index (Phi) is 5.03. The maximum absolute atomic E-state index is 13.1. The van der Waals surface area contributed by atoms with E-state index in [1.807, 2.05) is 0 Å². The number of halogens is 10. The van der Waals surface area contributed by atoms with Crippen LogP contribution < -0.4 is 0 Å². The first-order chi connectivity index (χ1) is 6.21. The molecule has 2 atom stereocenters. The van der Waals surface area contributed by atoms with Gasteiger partial charge in [0.15, 0.2) is 0 Å². The second kappa shape index (κ2) is 4.59. The smallest absolute Gasteiger partial charge is 0.274 e. The largest absolute Gasteiger partial charge is 0.394 e. The fourth-order valence-corrected chi connectivity index (χ4v) is 0.683. The number of hydrogen-bond donors (Lipinski definition) is 0. The summed E-state index contributed by atoms with van der Waals surface area (Å²) in [6, 6.07) is 0. The molecule has 0 amide bonds. The maximum Gasteiger partial charge on any atom is 0.394 e. The lowest BCUT2D eigenvalue weighted by Gasteiger charge is -2.31. The summed E-state index contributed by atoms with van der Waals surface area (Å²) < 4.78 is 50.5. The van der Waals surface area contributed by atoms with Crippen molar-refractivity contribution in [1.29, 1.82) is 0 Å². The first kappa shape index (κ1) is 16.4. The summed E-state index contributed by atoms with van der Waals surface area (Å²) in [5, 5.41) is -13.2. The van der Waals surface area contributed by atoms with E-state index in [0.717, 1.165) is 0 Å².